The molecule has 0 saturated carbocycles. The molecule has 3 aromatic carbocycles. The van der Waals surface area contributed by atoms with Gasteiger partial charge in [-0.25, -0.2) is 5.01 Å². The fourth-order valence-electron chi connectivity index (χ4n) is 5.08. The minimum absolute atomic E-state index is 0.0345. The first-order valence-electron chi connectivity index (χ1n) is 12.1. The van der Waals surface area contributed by atoms with Crippen molar-refractivity contribution in [1.29, 1.82) is 0 Å². The van der Waals surface area contributed by atoms with Crippen LogP contribution in [0.15, 0.2) is 71.8 Å². The Bertz CT molecular complexity index is 1290. The number of hydrazone groups is 1. The van der Waals surface area contributed by atoms with E-state index in [1.165, 1.54) is 11.1 Å². The van der Waals surface area contributed by atoms with E-state index in [1.54, 1.807) is 26.3 Å². The Morgan fingerprint density at radius 2 is 1.67 bits per heavy atom. The van der Waals surface area contributed by atoms with Crippen LogP contribution in [-0.2, 0) is 17.8 Å². The zero-order valence-electron chi connectivity index (χ0n) is 20.9. The van der Waals surface area contributed by atoms with Gasteiger partial charge in [0.05, 0.1) is 39.6 Å². The summed E-state index contributed by atoms with van der Waals surface area (Å²) in [6.07, 6.45) is 1.49. The van der Waals surface area contributed by atoms with E-state index >= 15 is 0 Å². The SMILES string of the molecule is COc1ccc(C2=NN(C(=O)CN3CCc4ccccc4C3)C(c3ccccc3OC)C2)c(OC)c1. The molecule has 0 fully saturated rings. The molecule has 7 heteroatoms. The molecule has 0 aliphatic carbocycles. The van der Waals surface area contributed by atoms with Crippen LogP contribution in [0.2, 0.25) is 0 Å². The number of hydrogen-bond donors (Lipinski definition) is 0. The lowest BCUT2D eigenvalue weighted by atomic mass is 9.97. The van der Waals surface area contributed by atoms with Crippen molar-refractivity contribution in [3.8, 4) is 17.2 Å². The molecule has 0 aromatic heterocycles. The monoisotopic (exact) mass is 485 g/mol. The lowest BCUT2D eigenvalue weighted by molar-refractivity contribution is -0.134. The van der Waals surface area contributed by atoms with Crippen LogP contribution in [0.5, 0.6) is 17.2 Å². The fraction of sp³-hybridized carbons (Fsp3) is 0.310. The highest BCUT2D eigenvalue weighted by molar-refractivity contribution is 6.05. The maximum absolute atomic E-state index is 13.7. The normalized spacial score (nSPS) is 17.4. The van der Waals surface area contributed by atoms with E-state index in [1.807, 2.05) is 42.5 Å². The molecule has 186 valence electrons. The van der Waals surface area contributed by atoms with Crippen LogP contribution in [0, 0.1) is 0 Å². The summed E-state index contributed by atoms with van der Waals surface area (Å²) in [4.78, 5) is 15.9. The third kappa shape index (κ3) is 4.66. The van der Waals surface area contributed by atoms with Gasteiger partial charge in [-0.15, -0.1) is 0 Å². The summed E-state index contributed by atoms with van der Waals surface area (Å²) in [6.45, 7) is 1.91. The van der Waals surface area contributed by atoms with Gasteiger partial charge >= 0.3 is 0 Å². The second-order valence-corrected chi connectivity index (χ2v) is 9.04. The number of methoxy groups -OCH3 is 3. The van der Waals surface area contributed by atoms with Gasteiger partial charge in [0.2, 0.25) is 0 Å². The highest BCUT2D eigenvalue weighted by atomic mass is 16.5. The van der Waals surface area contributed by atoms with Crippen molar-refractivity contribution >= 4 is 11.6 Å². The highest BCUT2D eigenvalue weighted by Crippen LogP contribution is 2.39. The Kier molecular flexibility index (Phi) is 6.91. The van der Waals surface area contributed by atoms with Crippen LogP contribution < -0.4 is 14.2 Å². The molecule has 0 saturated heterocycles. The zero-order valence-corrected chi connectivity index (χ0v) is 20.9. The minimum Gasteiger partial charge on any atom is -0.497 e. The molecule has 5 rings (SSSR count). The van der Waals surface area contributed by atoms with E-state index in [0.29, 0.717) is 24.5 Å². The van der Waals surface area contributed by atoms with Crippen LogP contribution >= 0.6 is 0 Å². The summed E-state index contributed by atoms with van der Waals surface area (Å²) in [6, 6.07) is 21.7. The van der Waals surface area contributed by atoms with E-state index in [4.69, 9.17) is 19.3 Å². The van der Waals surface area contributed by atoms with Crippen molar-refractivity contribution in [2.75, 3.05) is 34.4 Å². The van der Waals surface area contributed by atoms with E-state index in [2.05, 4.69) is 29.2 Å². The fourth-order valence-corrected chi connectivity index (χ4v) is 5.08. The topological polar surface area (TPSA) is 63.6 Å². The Morgan fingerprint density at radius 1 is 0.917 bits per heavy atom. The first-order chi connectivity index (χ1) is 17.6. The number of ether oxygens (including phenoxy) is 3. The molecule has 2 aliphatic heterocycles. The molecule has 2 heterocycles. The van der Waals surface area contributed by atoms with E-state index in [-0.39, 0.29) is 11.9 Å². The molecule has 36 heavy (non-hydrogen) atoms. The average Bonchev–Trinajstić information content (AvgIpc) is 3.38. The predicted molar refractivity (Wildman–Crippen MR) is 139 cm³/mol. The molecule has 1 atom stereocenters. The van der Waals surface area contributed by atoms with Gasteiger partial charge in [0.25, 0.3) is 5.91 Å². The van der Waals surface area contributed by atoms with Crippen LogP contribution in [0.25, 0.3) is 0 Å². The second kappa shape index (κ2) is 10.4. The number of fused-ring (bicyclic) bond motifs is 1. The average molecular weight is 486 g/mol. The van der Waals surface area contributed by atoms with E-state index < -0.39 is 0 Å². The molecule has 0 radical (unpaired) electrons. The number of hydrogen-bond acceptors (Lipinski definition) is 6. The van der Waals surface area contributed by atoms with Crippen LogP contribution in [-0.4, -0.2) is 55.9 Å². The lowest BCUT2D eigenvalue weighted by Crippen LogP contribution is -2.40. The Morgan fingerprint density at radius 3 is 2.44 bits per heavy atom. The first-order valence-corrected chi connectivity index (χ1v) is 12.1. The van der Waals surface area contributed by atoms with Crippen molar-refractivity contribution in [2.24, 2.45) is 5.10 Å². The van der Waals surface area contributed by atoms with Gasteiger partial charge in [-0.3, -0.25) is 9.69 Å². The first kappa shape index (κ1) is 23.9. The van der Waals surface area contributed by atoms with Gasteiger partial charge in [-0.05, 0) is 35.7 Å². The maximum Gasteiger partial charge on any atom is 0.257 e. The number of amides is 1. The van der Waals surface area contributed by atoms with Crippen molar-refractivity contribution in [3.63, 3.8) is 0 Å². The van der Waals surface area contributed by atoms with Gasteiger partial charge in [0, 0.05) is 36.7 Å². The summed E-state index contributed by atoms with van der Waals surface area (Å²) < 4.78 is 16.6. The minimum atomic E-state index is -0.271. The van der Waals surface area contributed by atoms with Gasteiger partial charge in [-0.2, -0.15) is 5.10 Å². The standard InChI is InChI=1S/C29H31N3O4/c1-34-22-12-13-23(28(16-22)36-3)25-17-26(24-10-6-7-11-27(24)35-2)32(30-25)29(33)19-31-15-14-20-8-4-5-9-21(20)18-31/h4-13,16,26H,14-15,17-19H2,1-3H3. The quantitative estimate of drug-likeness (QED) is 0.495. The second-order valence-electron chi connectivity index (χ2n) is 9.04. The number of carbonyl (C=O) groups is 1. The molecule has 0 spiro atoms. The Balaban J connectivity index is 1.46. The summed E-state index contributed by atoms with van der Waals surface area (Å²) in [7, 11) is 4.90. The number of carbonyl (C=O) groups excluding carboxylic acids is 1. The molecule has 7 nitrogen and oxygen atoms in total. The summed E-state index contributed by atoms with van der Waals surface area (Å²) in [5.41, 5.74) is 5.22. The van der Waals surface area contributed by atoms with Crippen LogP contribution in [0.3, 0.4) is 0 Å². The summed E-state index contributed by atoms with van der Waals surface area (Å²) in [5.74, 6) is 2.07. The smallest absolute Gasteiger partial charge is 0.257 e. The summed E-state index contributed by atoms with van der Waals surface area (Å²) in [5, 5.41) is 6.50. The van der Waals surface area contributed by atoms with Crippen LogP contribution in [0.1, 0.15) is 34.7 Å². The van der Waals surface area contributed by atoms with E-state index in [0.717, 1.165) is 42.1 Å². The van der Waals surface area contributed by atoms with Gasteiger partial charge < -0.3 is 14.2 Å². The molecule has 1 unspecified atom stereocenters. The van der Waals surface area contributed by atoms with Gasteiger partial charge in [-0.1, -0.05) is 42.5 Å². The molecular weight excluding hydrogens is 454 g/mol. The predicted octanol–water partition coefficient (Wildman–Crippen LogP) is 4.45. The maximum atomic E-state index is 13.7. The van der Waals surface area contributed by atoms with Crippen molar-refractivity contribution in [2.45, 2.75) is 25.4 Å². The van der Waals surface area contributed by atoms with Crippen LogP contribution in [0.4, 0.5) is 0 Å². The molecule has 2 aliphatic rings. The molecule has 3 aromatic rings. The number of nitrogens with zero attached hydrogens (tertiary/aromatic N) is 3. The number of benzene rings is 3. The Hall–Kier alpha value is -3.84. The number of rotatable bonds is 7. The van der Waals surface area contributed by atoms with Gasteiger partial charge in [0.1, 0.15) is 17.2 Å². The highest BCUT2D eigenvalue weighted by Gasteiger charge is 2.36. The van der Waals surface area contributed by atoms with Crippen molar-refractivity contribution in [1.82, 2.24) is 9.91 Å². The summed E-state index contributed by atoms with van der Waals surface area (Å²) >= 11 is 0. The number of para-hydroxylation sites is 1. The third-order valence-electron chi connectivity index (χ3n) is 6.95. The molecular formula is C29H31N3O4. The zero-order chi connectivity index (χ0) is 25.1. The lowest BCUT2D eigenvalue weighted by Gasteiger charge is -2.30. The molecule has 0 bridgehead atoms. The van der Waals surface area contributed by atoms with Crippen molar-refractivity contribution < 1.29 is 19.0 Å². The molecule has 0 N–H and O–H groups in total. The largest absolute Gasteiger partial charge is 0.497 e. The molecule has 1 amide bonds. The van der Waals surface area contributed by atoms with E-state index in [9.17, 15) is 4.79 Å². The van der Waals surface area contributed by atoms with Crippen molar-refractivity contribution in [3.05, 3.63) is 89.0 Å². The van der Waals surface area contributed by atoms with Gasteiger partial charge in [0.15, 0.2) is 0 Å². The third-order valence-corrected chi connectivity index (χ3v) is 6.95. The Labute approximate surface area is 211 Å².